The first-order valence-corrected chi connectivity index (χ1v) is 10.5. The molecule has 0 heterocycles. The lowest BCUT2D eigenvalue weighted by Gasteiger charge is -2.44. The van der Waals surface area contributed by atoms with Gasteiger partial charge < -0.3 is 4.74 Å². The molecule has 4 atom stereocenters. The molecule has 158 valence electrons. The number of ether oxygens (including phenoxy) is 1. The van der Waals surface area contributed by atoms with Crippen LogP contribution in [-0.2, 0) is 19.3 Å². The average Bonchev–Trinajstić information content (AvgIpc) is 3.07. The lowest BCUT2D eigenvalue weighted by Crippen LogP contribution is -2.47. The molecule has 0 aromatic rings. The summed E-state index contributed by atoms with van der Waals surface area (Å²) in [6, 6.07) is 0. The number of rotatable bonds is 6. The third-order valence-corrected chi connectivity index (χ3v) is 7.04. The molecule has 4 heteroatoms. The Morgan fingerprint density at radius 3 is 2.29 bits per heavy atom. The second-order valence-corrected chi connectivity index (χ2v) is 10.5. The van der Waals surface area contributed by atoms with Gasteiger partial charge in [0.15, 0.2) is 11.2 Å². The van der Waals surface area contributed by atoms with Crippen molar-refractivity contribution < 1.29 is 19.3 Å². The molecule has 0 unspecified atom stereocenters. The molecule has 2 saturated carbocycles. The molecule has 0 aliphatic heterocycles. The van der Waals surface area contributed by atoms with E-state index in [1.807, 2.05) is 34.6 Å². The van der Waals surface area contributed by atoms with Crippen molar-refractivity contribution in [3.63, 3.8) is 0 Å². The summed E-state index contributed by atoms with van der Waals surface area (Å²) in [5.74, 6) is 7.30. The lowest BCUT2D eigenvalue weighted by atomic mass is 9.64. The Morgan fingerprint density at radius 2 is 1.82 bits per heavy atom. The molecule has 0 spiro atoms. The topological polar surface area (TPSA) is 44.8 Å². The zero-order valence-electron chi connectivity index (χ0n) is 19.2. The summed E-state index contributed by atoms with van der Waals surface area (Å²) in [6.45, 7) is 22.1. The summed E-state index contributed by atoms with van der Waals surface area (Å²) in [7, 11) is 0. The Bertz CT molecular complexity index is 687. The Balaban J connectivity index is 2.30. The molecule has 2 rings (SSSR count). The summed E-state index contributed by atoms with van der Waals surface area (Å²) in [5.41, 5.74) is -1.34. The van der Waals surface area contributed by atoms with E-state index >= 15 is 0 Å². The molecule has 2 bridgehead atoms. The van der Waals surface area contributed by atoms with E-state index in [4.69, 9.17) is 14.5 Å². The maximum Gasteiger partial charge on any atom is 0.334 e. The summed E-state index contributed by atoms with van der Waals surface area (Å²) in [5, 5.41) is 0. The molecular weight excluding hydrogens is 352 g/mol. The molecule has 2 aliphatic carbocycles. The molecule has 2 fully saturated rings. The molecule has 0 amide bonds. The van der Waals surface area contributed by atoms with Gasteiger partial charge in [0.1, 0.15) is 0 Å². The van der Waals surface area contributed by atoms with Gasteiger partial charge in [-0.1, -0.05) is 46.1 Å². The molecule has 0 radical (unpaired) electrons. The van der Waals surface area contributed by atoms with Crippen LogP contribution in [0.4, 0.5) is 0 Å². The Hall–Kier alpha value is -1.31. The Kier molecular flexibility index (Phi) is 6.16. The van der Waals surface area contributed by atoms with Crippen LogP contribution in [-0.4, -0.2) is 22.8 Å². The first-order chi connectivity index (χ1) is 12.7. The van der Waals surface area contributed by atoms with Gasteiger partial charge in [0.25, 0.3) is 0 Å². The highest BCUT2D eigenvalue weighted by Crippen LogP contribution is 2.63. The fraction of sp³-hybridized carbons (Fsp3) is 0.792. The SMILES string of the molecule is C=C(C)C(=O)O[C@]1(C#CC(C)(C)OOC(C)(C)CC)C[C@H]2C[C@@H]1[C@H](C)C2(C)C. The zero-order chi connectivity index (χ0) is 21.5. The first kappa shape index (κ1) is 23.0. The summed E-state index contributed by atoms with van der Waals surface area (Å²) in [6.07, 6.45) is 2.62. The van der Waals surface area contributed by atoms with E-state index in [2.05, 4.69) is 39.2 Å². The second-order valence-electron chi connectivity index (χ2n) is 10.5. The van der Waals surface area contributed by atoms with Crippen LogP contribution in [0.3, 0.4) is 0 Å². The molecule has 0 saturated heterocycles. The van der Waals surface area contributed by atoms with Crippen molar-refractivity contribution in [1.29, 1.82) is 0 Å². The van der Waals surface area contributed by atoms with E-state index < -0.39 is 11.2 Å². The van der Waals surface area contributed by atoms with Crippen LogP contribution in [0.15, 0.2) is 12.2 Å². The zero-order valence-corrected chi connectivity index (χ0v) is 19.2. The van der Waals surface area contributed by atoms with Crippen molar-refractivity contribution in [2.45, 2.75) is 98.4 Å². The molecule has 0 N–H and O–H groups in total. The lowest BCUT2D eigenvalue weighted by molar-refractivity contribution is -0.388. The first-order valence-electron chi connectivity index (χ1n) is 10.5. The number of hydrogen-bond acceptors (Lipinski definition) is 4. The van der Waals surface area contributed by atoms with Crippen molar-refractivity contribution in [3.05, 3.63) is 12.2 Å². The monoisotopic (exact) mass is 390 g/mol. The quantitative estimate of drug-likeness (QED) is 0.198. The van der Waals surface area contributed by atoms with E-state index in [1.54, 1.807) is 6.92 Å². The maximum absolute atomic E-state index is 12.4. The van der Waals surface area contributed by atoms with Crippen LogP contribution in [0.25, 0.3) is 0 Å². The van der Waals surface area contributed by atoms with Gasteiger partial charge in [0, 0.05) is 17.9 Å². The summed E-state index contributed by atoms with van der Waals surface area (Å²) >= 11 is 0. The summed E-state index contributed by atoms with van der Waals surface area (Å²) < 4.78 is 6.01. The van der Waals surface area contributed by atoms with Crippen LogP contribution in [0.2, 0.25) is 0 Å². The molecule has 2 aliphatic rings. The number of esters is 1. The van der Waals surface area contributed by atoms with Gasteiger partial charge in [-0.15, -0.1) is 0 Å². The van der Waals surface area contributed by atoms with Crippen LogP contribution in [0.1, 0.15) is 81.6 Å². The van der Waals surface area contributed by atoms with E-state index in [1.165, 1.54) is 0 Å². The van der Waals surface area contributed by atoms with E-state index in [9.17, 15) is 4.79 Å². The van der Waals surface area contributed by atoms with Gasteiger partial charge in [0.05, 0.1) is 5.60 Å². The highest BCUT2D eigenvalue weighted by molar-refractivity contribution is 5.87. The van der Waals surface area contributed by atoms with Crippen molar-refractivity contribution in [2.75, 3.05) is 0 Å². The van der Waals surface area contributed by atoms with Crippen molar-refractivity contribution >= 4 is 5.97 Å². The molecule has 4 nitrogen and oxygen atoms in total. The molecule has 28 heavy (non-hydrogen) atoms. The van der Waals surface area contributed by atoms with Crippen LogP contribution in [0.5, 0.6) is 0 Å². The standard InChI is InChI=1S/C24H38O4/c1-11-21(5,6)27-28-22(7,8)12-13-24(26-20(25)16(2)3)15-18-14-19(24)17(4)23(18,9)10/h17-19H,2,11,14-15H2,1,3-10H3/t17-,18+,19+,24+/m0/s1. The number of carbonyl (C=O) groups excluding carboxylic acids is 1. The molecule has 0 aromatic heterocycles. The van der Waals surface area contributed by atoms with Crippen molar-refractivity contribution in [2.24, 2.45) is 23.2 Å². The van der Waals surface area contributed by atoms with Gasteiger partial charge in [0.2, 0.25) is 0 Å². The van der Waals surface area contributed by atoms with Crippen LogP contribution in [0, 0.1) is 35.0 Å². The van der Waals surface area contributed by atoms with Crippen molar-refractivity contribution in [1.82, 2.24) is 0 Å². The van der Waals surface area contributed by atoms with Crippen LogP contribution < -0.4 is 0 Å². The van der Waals surface area contributed by atoms with Crippen LogP contribution >= 0.6 is 0 Å². The van der Waals surface area contributed by atoms with Gasteiger partial charge in [-0.3, -0.25) is 0 Å². The minimum atomic E-state index is -0.810. The summed E-state index contributed by atoms with van der Waals surface area (Å²) in [4.78, 5) is 23.7. The number of hydrogen-bond donors (Lipinski definition) is 0. The van der Waals surface area contributed by atoms with E-state index in [-0.39, 0.29) is 22.9 Å². The third-order valence-electron chi connectivity index (χ3n) is 7.04. The minimum absolute atomic E-state index is 0.215. The predicted octanol–water partition coefficient (Wildman–Crippen LogP) is 5.47. The van der Waals surface area contributed by atoms with Gasteiger partial charge in [-0.2, -0.15) is 0 Å². The van der Waals surface area contributed by atoms with Crippen molar-refractivity contribution in [3.8, 4) is 11.8 Å². The fourth-order valence-corrected chi connectivity index (χ4v) is 4.25. The third kappa shape index (κ3) is 4.47. The Labute approximate surface area is 171 Å². The minimum Gasteiger partial charge on any atom is -0.442 e. The largest absolute Gasteiger partial charge is 0.442 e. The smallest absolute Gasteiger partial charge is 0.334 e. The normalized spacial score (nSPS) is 31.2. The van der Waals surface area contributed by atoms with E-state index in [0.29, 0.717) is 17.4 Å². The highest BCUT2D eigenvalue weighted by atomic mass is 17.2. The predicted molar refractivity (Wildman–Crippen MR) is 111 cm³/mol. The highest BCUT2D eigenvalue weighted by Gasteiger charge is 2.63. The second kappa shape index (κ2) is 7.50. The number of fused-ring (bicyclic) bond motifs is 2. The average molecular weight is 391 g/mol. The maximum atomic E-state index is 12.4. The molecular formula is C24H38O4. The van der Waals surface area contributed by atoms with E-state index in [0.717, 1.165) is 19.3 Å². The molecule has 0 aromatic carbocycles. The van der Waals surface area contributed by atoms with Gasteiger partial charge >= 0.3 is 5.97 Å². The number of carbonyl (C=O) groups is 1. The fourth-order valence-electron chi connectivity index (χ4n) is 4.25. The van der Waals surface area contributed by atoms with Gasteiger partial charge in [-0.25, -0.2) is 14.6 Å². The Morgan fingerprint density at radius 1 is 1.21 bits per heavy atom. The van der Waals surface area contributed by atoms with Gasteiger partial charge in [-0.05, 0) is 64.7 Å².